The summed E-state index contributed by atoms with van der Waals surface area (Å²) in [6.07, 6.45) is 7.64. The third-order valence-corrected chi connectivity index (χ3v) is 1.84. The molecule has 0 aromatic heterocycles. The van der Waals surface area contributed by atoms with Crippen LogP contribution >= 0.6 is 0 Å². The van der Waals surface area contributed by atoms with Crippen molar-refractivity contribution in [3.63, 3.8) is 0 Å². The van der Waals surface area contributed by atoms with Gasteiger partial charge in [-0.25, -0.2) is 14.4 Å². The van der Waals surface area contributed by atoms with Crippen LogP contribution in [0.3, 0.4) is 0 Å². The Hall–Kier alpha value is -2.45. The van der Waals surface area contributed by atoms with Gasteiger partial charge in [-0.05, 0) is 12.8 Å². The second kappa shape index (κ2) is 28.7. The van der Waals surface area contributed by atoms with Crippen LogP contribution in [0.15, 0.2) is 38.0 Å². The van der Waals surface area contributed by atoms with E-state index in [1.54, 1.807) is 0 Å². The van der Waals surface area contributed by atoms with Crippen molar-refractivity contribution in [2.45, 2.75) is 32.1 Å². The maximum atomic E-state index is 9.25. The average molecular weight is 348 g/mol. The lowest BCUT2D eigenvalue weighted by molar-refractivity contribution is -0.132. The molecule has 24 heavy (non-hydrogen) atoms. The summed E-state index contributed by atoms with van der Waals surface area (Å²) in [5, 5.41) is 39.6. The van der Waals surface area contributed by atoms with Crippen LogP contribution in [0.25, 0.3) is 0 Å². The van der Waals surface area contributed by atoms with E-state index in [-0.39, 0.29) is 0 Å². The van der Waals surface area contributed by atoms with E-state index in [0.29, 0.717) is 13.2 Å². The Kier molecular flexibility index (Phi) is 35.3. The van der Waals surface area contributed by atoms with Gasteiger partial charge >= 0.3 is 17.9 Å². The molecule has 0 saturated heterocycles. The van der Waals surface area contributed by atoms with Gasteiger partial charge in [-0.1, -0.05) is 39.0 Å². The Balaban J connectivity index is -0.000000116. The number of rotatable bonds is 9. The Morgan fingerprint density at radius 1 is 0.583 bits per heavy atom. The fraction of sp³-hybridized carbons (Fsp3) is 0.438. The van der Waals surface area contributed by atoms with Crippen LogP contribution in [0.5, 0.6) is 0 Å². The number of carboxylic acids is 3. The number of hydrogen-bond donors (Lipinski definition) is 5. The zero-order valence-corrected chi connectivity index (χ0v) is 13.8. The summed E-state index contributed by atoms with van der Waals surface area (Å²) in [5.41, 5.74) is 0. The fourth-order valence-electron chi connectivity index (χ4n) is 0.754. The van der Waals surface area contributed by atoms with Gasteiger partial charge in [0.1, 0.15) is 0 Å². The van der Waals surface area contributed by atoms with E-state index < -0.39 is 17.9 Å². The minimum Gasteiger partial charge on any atom is -0.478 e. The van der Waals surface area contributed by atoms with E-state index in [4.69, 9.17) is 25.5 Å². The number of unbranched alkanes of at least 4 members (excludes halogenated alkanes) is 4. The number of aliphatic hydroxyl groups excluding tert-OH is 2. The van der Waals surface area contributed by atoms with E-state index in [1.165, 1.54) is 0 Å². The largest absolute Gasteiger partial charge is 0.478 e. The Labute approximate surface area is 142 Å². The van der Waals surface area contributed by atoms with E-state index in [0.717, 1.165) is 50.3 Å². The molecule has 0 fully saturated rings. The van der Waals surface area contributed by atoms with Crippen molar-refractivity contribution < 1.29 is 39.9 Å². The molecule has 5 N–H and O–H groups in total. The molecular weight excluding hydrogens is 320 g/mol. The van der Waals surface area contributed by atoms with Gasteiger partial charge < -0.3 is 25.5 Å². The first-order chi connectivity index (χ1) is 11.2. The third-order valence-electron chi connectivity index (χ3n) is 1.84. The van der Waals surface area contributed by atoms with Crippen LogP contribution < -0.4 is 0 Å². The summed E-state index contributed by atoms with van der Waals surface area (Å²) in [7, 11) is 0. The summed E-state index contributed by atoms with van der Waals surface area (Å²) in [5.74, 6) is -2.94. The second-order valence-electron chi connectivity index (χ2n) is 3.84. The van der Waals surface area contributed by atoms with Gasteiger partial charge in [0.15, 0.2) is 0 Å². The molecule has 0 spiro atoms. The lowest BCUT2D eigenvalue weighted by Crippen LogP contribution is -1.85. The summed E-state index contributed by atoms with van der Waals surface area (Å²) in [6, 6.07) is 0. The van der Waals surface area contributed by atoms with E-state index in [1.807, 2.05) is 0 Å². The number of aliphatic hydroxyl groups is 2. The molecule has 0 aromatic carbocycles. The predicted molar refractivity (Wildman–Crippen MR) is 90.8 cm³/mol. The molecule has 0 saturated carbocycles. The van der Waals surface area contributed by atoms with Crippen LogP contribution in [-0.2, 0) is 14.4 Å². The highest BCUT2D eigenvalue weighted by Gasteiger charge is 1.86. The Morgan fingerprint density at radius 3 is 0.875 bits per heavy atom. The maximum absolute atomic E-state index is 9.25. The molecule has 0 bridgehead atoms. The monoisotopic (exact) mass is 348 g/mol. The maximum Gasteiger partial charge on any atom is 0.327 e. The standard InChI is InChI=1S/C7H16O2.3C3H4O2/c8-6-4-2-1-3-5-7-9;3*1-2-3(4)5/h8-9H,1-7H2;3*2H,1H2,(H,4,5). The first kappa shape index (κ1) is 29.5. The third kappa shape index (κ3) is 73.8. The molecule has 0 atom stereocenters. The molecule has 0 aliphatic rings. The first-order valence-electron chi connectivity index (χ1n) is 7.01. The number of carbonyl (C=O) groups is 3. The van der Waals surface area contributed by atoms with Gasteiger partial charge in [0.2, 0.25) is 0 Å². The van der Waals surface area contributed by atoms with Crippen molar-refractivity contribution in [1.82, 2.24) is 0 Å². The van der Waals surface area contributed by atoms with Crippen LogP contribution in [0.1, 0.15) is 32.1 Å². The molecule has 0 heterocycles. The van der Waals surface area contributed by atoms with Crippen LogP contribution in [-0.4, -0.2) is 56.7 Å². The van der Waals surface area contributed by atoms with Crippen LogP contribution in [0.2, 0.25) is 0 Å². The summed E-state index contributed by atoms with van der Waals surface area (Å²) >= 11 is 0. The molecule has 0 aliphatic heterocycles. The molecular formula is C16H28O8. The summed E-state index contributed by atoms with van der Waals surface area (Å²) < 4.78 is 0. The lowest BCUT2D eigenvalue weighted by atomic mass is 10.2. The van der Waals surface area contributed by atoms with Gasteiger partial charge in [-0.2, -0.15) is 0 Å². The molecule has 0 radical (unpaired) electrons. The minimum atomic E-state index is -0.981. The zero-order chi connectivity index (χ0) is 19.8. The van der Waals surface area contributed by atoms with E-state index >= 15 is 0 Å². The average Bonchev–Trinajstić information content (AvgIpc) is 2.56. The quantitative estimate of drug-likeness (QED) is 0.312. The highest BCUT2D eigenvalue weighted by molar-refractivity contribution is 5.79. The van der Waals surface area contributed by atoms with Crippen LogP contribution in [0.4, 0.5) is 0 Å². The smallest absolute Gasteiger partial charge is 0.327 e. The SMILES string of the molecule is C=CC(=O)O.C=CC(=O)O.C=CC(=O)O.OCCCCCCCO. The molecule has 8 heteroatoms. The van der Waals surface area contributed by atoms with Crippen molar-refractivity contribution in [3.05, 3.63) is 38.0 Å². The predicted octanol–water partition coefficient (Wildman–Crippen LogP) is 1.69. The number of carboxylic acid groups (broad SMARTS) is 3. The molecule has 0 rings (SSSR count). The van der Waals surface area contributed by atoms with Gasteiger partial charge in [0.05, 0.1) is 0 Å². The van der Waals surface area contributed by atoms with E-state index in [9.17, 15) is 14.4 Å². The lowest BCUT2D eigenvalue weighted by Gasteiger charge is -1.95. The summed E-state index contributed by atoms with van der Waals surface area (Å²) in [4.78, 5) is 27.8. The van der Waals surface area contributed by atoms with Crippen molar-refractivity contribution in [3.8, 4) is 0 Å². The summed E-state index contributed by atoms with van der Waals surface area (Å²) in [6.45, 7) is 9.49. The number of aliphatic carboxylic acids is 3. The Morgan fingerprint density at radius 2 is 0.750 bits per heavy atom. The molecule has 8 nitrogen and oxygen atoms in total. The van der Waals surface area contributed by atoms with E-state index in [2.05, 4.69) is 19.7 Å². The molecule has 140 valence electrons. The van der Waals surface area contributed by atoms with Gasteiger partial charge in [-0.15, -0.1) is 0 Å². The normalized spacial score (nSPS) is 7.75. The van der Waals surface area contributed by atoms with Crippen molar-refractivity contribution >= 4 is 17.9 Å². The highest BCUT2D eigenvalue weighted by Crippen LogP contribution is 2.00. The van der Waals surface area contributed by atoms with Crippen molar-refractivity contribution in [1.29, 1.82) is 0 Å². The zero-order valence-electron chi connectivity index (χ0n) is 13.8. The molecule has 0 amide bonds. The fourth-order valence-corrected chi connectivity index (χ4v) is 0.754. The second-order valence-corrected chi connectivity index (χ2v) is 3.84. The minimum absolute atomic E-state index is 0.305. The number of hydrogen-bond acceptors (Lipinski definition) is 5. The molecule has 0 unspecified atom stereocenters. The van der Waals surface area contributed by atoms with Gasteiger partial charge in [0.25, 0.3) is 0 Å². The van der Waals surface area contributed by atoms with Gasteiger partial charge in [0, 0.05) is 31.4 Å². The van der Waals surface area contributed by atoms with Crippen molar-refractivity contribution in [2.75, 3.05) is 13.2 Å². The molecule has 0 aromatic rings. The highest BCUT2D eigenvalue weighted by atomic mass is 16.4. The van der Waals surface area contributed by atoms with Crippen molar-refractivity contribution in [2.24, 2.45) is 0 Å². The molecule has 0 aliphatic carbocycles. The van der Waals surface area contributed by atoms with Gasteiger partial charge in [-0.3, -0.25) is 0 Å². The first-order valence-corrected chi connectivity index (χ1v) is 7.01. The topological polar surface area (TPSA) is 152 Å². The Bertz CT molecular complexity index is 301. The van der Waals surface area contributed by atoms with Crippen LogP contribution in [0, 0.1) is 0 Å².